The lowest BCUT2D eigenvalue weighted by molar-refractivity contribution is 0.628. The fourth-order valence-electron chi connectivity index (χ4n) is 3.03. The number of hydrogen-bond donors (Lipinski definition) is 0. The van der Waals surface area contributed by atoms with Crippen LogP contribution in [0.2, 0.25) is 0 Å². The molecule has 25 heavy (non-hydrogen) atoms. The predicted octanol–water partition coefficient (Wildman–Crippen LogP) is 4.35. The van der Waals surface area contributed by atoms with Gasteiger partial charge in [0.05, 0.1) is 5.69 Å². The molecule has 3 aromatic rings. The molecule has 1 aliphatic heterocycles. The number of halogens is 1. The Morgan fingerprint density at radius 2 is 1.72 bits per heavy atom. The molecule has 0 amide bonds. The number of aromatic nitrogens is 2. The molecule has 0 radical (unpaired) electrons. The first kappa shape index (κ1) is 15.5. The van der Waals surface area contributed by atoms with Crippen LogP contribution in [0.15, 0.2) is 60.8 Å². The molecule has 0 bridgehead atoms. The fraction of sp³-hybridized carbons (Fsp3) is 0.143. The quantitative estimate of drug-likeness (QED) is 0.714. The molecule has 0 saturated heterocycles. The van der Waals surface area contributed by atoms with Crippen LogP contribution in [0, 0.1) is 5.82 Å². The van der Waals surface area contributed by atoms with Crippen LogP contribution in [-0.2, 0) is 13.0 Å². The summed E-state index contributed by atoms with van der Waals surface area (Å²) in [7, 11) is 0. The molecule has 0 spiro atoms. The van der Waals surface area contributed by atoms with Crippen molar-refractivity contribution in [1.29, 1.82) is 0 Å². The van der Waals surface area contributed by atoms with E-state index in [1.807, 2.05) is 18.2 Å². The largest absolute Gasteiger partial charge is 0.336 e. The maximum absolute atomic E-state index is 13.0. The van der Waals surface area contributed by atoms with Gasteiger partial charge in [0.25, 0.3) is 0 Å². The maximum atomic E-state index is 13.0. The molecule has 2 heterocycles. The van der Waals surface area contributed by atoms with Gasteiger partial charge in [-0.1, -0.05) is 42.5 Å². The summed E-state index contributed by atoms with van der Waals surface area (Å²) >= 11 is 0. The van der Waals surface area contributed by atoms with E-state index >= 15 is 0 Å². The summed E-state index contributed by atoms with van der Waals surface area (Å²) in [4.78, 5) is 11.3. The van der Waals surface area contributed by atoms with E-state index in [-0.39, 0.29) is 5.82 Å². The number of benzene rings is 2. The molecule has 3 nitrogen and oxygen atoms in total. The molecule has 0 saturated carbocycles. The second-order valence-corrected chi connectivity index (χ2v) is 6.11. The van der Waals surface area contributed by atoms with E-state index in [1.165, 1.54) is 23.3 Å². The molecule has 0 atom stereocenters. The minimum atomic E-state index is -0.230. The lowest BCUT2D eigenvalue weighted by Crippen LogP contribution is -2.31. The lowest BCUT2D eigenvalue weighted by Gasteiger charge is -2.28. The van der Waals surface area contributed by atoms with E-state index in [0.717, 1.165) is 36.7 Å². The molecule has 1 aliphatic rings. The van der Waals surface area contributed by atoms with Gasteiger partial charge in [0.15, 0.2) is 0 Å². The minimum absolute atomic E-state index is 0.230. The van der Waals surface area contributed by atoms with Gasteiger partial charge >= 0.3 is 0 Å². The Morgan fingerprint density at radius 3 is 2.56 bits per heavy atom. The van der Waals surface area contributed by atoms with Gasteiger partial charge in [-0.15, -0.1) is 0 Å². The van der Waals surface area contributed by atoms with Crippen LogP contribution in [0.3, 0.4) is 0 Å². The molecule has 1 aromatic heterocycles. The van der Waals surface area contributed by atoms with Crippen molar-refractivity contribution < 1.29 is 4.39 Å². The normalized spacial score (nSPS) is 13.9. The molecule has 0 aliphatic carbocycles. The Bertz CT molecular complexity index is 903. The highest BCUT2D eigenvalue weighted by molar-refractivity contribution is 5.68. The van der Waals surface area contributed by atoms with Crippen LogP contribution in [0.4, 0.5) is 10.3 Å². The Labute approximate surface area is 146 Å². The minimum Gasteiger partial charge on any atom is -0.336 e. The van der Waals surface area contributed by atoms with Gasteiger partial charge in [-0.25, -0.2) is 14.4 Å². The van der Waals surface area contributed by atoms with Crippen LogP contribution in [0.1, 0.15) is 22.4 Å². The zero-order valence-corrected chi connectivity index (χ0v) is 13.8. The predicted molar refractivity (Wildman–Crippen MR) is 98.6 cm³/mol. The van der Waals surface area contributed by atoms with Crippen molar-refractivity contribution in [2.75, 3.05) is 11.4 Å². The average molecular weight is 331 g/mol. The van der Waals surface area contributed by atoms with Crippen molar-refractivity contribution in [3.8, 4) is 0 Å². The second-order valence-electron chi connectivity index (χ2n) is 6.11. The van der Waals surface area contributed by atoms with Crippen molar-refractivity contribution in [1.82, 2.24) is 9.97 Å². The SMILES string of the molecule is Fc1ccc(/C=C/c2ccnc(N3CCc4ccccc4C3)n2)cc1. The second kappa shape index (κ2) is 6.85. The number of rotatable bonds is 3. The molecule has 4 rings (SSSR count). The Morgan fingerprint density at radius 1 is 0.920 bits per heavy atom. The molecular formula is C21H18FN3. The summed E-state index contributed by atoms with van der Waals surface area (Å²) in [6.45, 7) is 1.75. The Balaban J connectivity index is 1.53. The molecule has 124 valence electrons. The standard InChI is InChI=1S/C21H18FN3/c22-19-8-5-16(6-9-19)7-10-20-11-13-23-21(24-20)25-14-12-17-3-1-2-4-18(17)15-25/h1-11,13H,12,14-15H2/b10-7+. The highest BCUT2D eigenvalue weighted by atomic mass is 19.1. The maximum Gasteiger partial charge on any atom is 0.226 e. The molecular weight excluding hydrogens is 313 g/mol. The Kier molecular flexibility index (Phi) is 4.25. The summed E-state index contributed by atoms with van der Waals surface area (Å²) in [5, 5.41) is 0. The van der Waals surface area contributed by atoms with E-state index in [1.54, 1.807) is 18.3 Å². The van der Waals surface area contributed by atoms with Gasteiger partial charge in [0.1, 0.15) is 5.82 Å². The van der Waals surface area contributed by atoms with Crippen LogP contribution >= 0.6 is 0 Å². The van der Waals surface area contributed by atoms with Crippen molar-refractivity contribution >= 4 is 18.1 Å². The highest BCUT2D eigenvalue weighted by Gasteiger charge is 2.17. The van der Waals surface area contributed by atoms with Crippen molar-refractivity contribution in [2.24, 2.45) is 0 Å². The Hall–Kier alpha value is -3.01. The lowest BCUT2D eigenvalue weighted by atomic mass is 10.0. The summed E-state index contributed by atoms with van der Waals surface area (Å²) in [5.41, 5.74) is 4.53. The zero-order valence-electron chi connectivity index (χ0n) is 13.8. The fourth-order valence-corrected chi connectivity index (χ4v) is 3.03. The molecule has 0 N–H and O–H groups in total. The van der Waals surface area contributed by atoms with Crippen LogP contribution in [0.5, 0.6) is 0 Å². The molecule has 0 unspecified atom stereocenters. The number of fused-ring (bicyclic) bond motifs is 1. The zero-order chi connectivity index (χ0) is 17.1. The monoisotopic (exact) mass is 331 g/mol. The van der Waals surface area contributed by atoms with Gasteiger partial charge in [0.2, 0.25) is 5.95 Å². The van der Waals surface area contributed by atoms with E-state index in [0.29, 0.717) is 0 Å². The third kappa shape index (κ3) is 3.58. The van der Waals surface area contributed by atoms with Crippen LogP contribution in [0.25, 0.3) is 12.2 Å². The molecule has 0 fully saturated rings. The van der Waals surface area contributed by atoms with Crippen LogP contribution in [-0.4, -0.2) is 16.5 Å². The first-order valence-electron chi connectivity index (χ1n) is 8.36. The summed E-state index contributed by atoms with van der Waals surface area (Å²) in [6, 6.07) is 16.8. The molecule has 4 heteroatoms. The van der Waals surface area contributed by atoms with E-state index in [4.69, 9.17) is 0 Å². The van der Waals surface area contributed by atoms with E-state index < -0.39 is 0 Å². The first-order valence-corrected chi connectivity index (χ1v) is 8.36. The van der Waals surface area contributed by atoms with Crippen molar-refractivity contribution in [3.63, 3.8) is 0 Å². The number of hydrogen-bond acceptors (Lipinski definition) is 3. The van der Waals surface area contributed by atoms with Gasteiger partial charge < -0.3 is 4.90 Å². The van der Waals surface area contributed by atoms with Crippen molar-refractivity contribution in [2.45, 2.75) is 13.0 Å². The topological polar surface area (TPSA) is 29.0 Å². The number of nitrogens with zero attached hydrogens (tertiary/aromatic N) is 3. The van der Waals surface area contributed by atoms with Gasteiger partial charge in [-0.3, -0.25) is 0 Å². The average Bonchev–Trinajstić information content (AvgIpc) is 2.67. The van der Waals surface area contributed by atoms with Gasteiger partial charge in [-0.2, -0.15) is 0 Å². The van der Waals surface area contributed by atoms with Gasteiger partial charge in [-0.05, 0) is 47.4 Å². The third-order valence-electron chi connectivity index (χ3n) is 4.39. The van der Waals surface area contributed by atoms with Crippen LogP contribution < -0.4 is 4.90 Å². The summed E-state index contributed by atoms with van der Waals surface area (Å²) < 4.78 is 13.0. The smallest absolute Gasteiger partial charge is 0.226 e. The first-order chi connectivity index (χ1) is 12.3. The number of anilines is 1. The third-order valence-corrected chi connectivity index (χ3v) is 4.39. The van der Waals surface area contributed by atoms with Gasteiger partial charge in [0, 0.05) is 19.3 Å². The molecule has 2 aromatic carbocycles. The summed E-state index contributed by atoms with van der Waals surface area (Å²) in [6.07, 6.45) is 6.65. The van der Waals surface area contributed by atoms with Crippen molar-refractivity contribution in [3.05, 3.63) is 89.0 Å². The summed E-state index contributed by atoms with van der Waals surface area (Å²) in [5.74, 6) is 0.516. The van der Waals surface area contributed by atoms with E-state index in [2.05, 4.69) is 39.1 Å². The van der Waals surface area contributed by atoms with E-state index in [9.17, 15) is 4.39 Å². The highest BCUT2D eigenvalue weighted by Crippen LogP contribution is 2.22.